The van der Waals surface area contributed by atoms with Crippen molar-refractivity contribution in [1.29, 1.82) is 0 Å². The number of carbonyl (C=O) groups excluding carboxylic acids is 1. The minimum atomic E-state index is -4.50. The van der Waals surface area contributed by atoms with Crippen molar-refractivity contribution < 1.29 is 22.7 Å². The molecule has 1 rings (SSSR count). The molecule has 0 fully saturated rings. The number of halogens is 3. The molecule has 0 saturated heterocycles. The molecule has 0 aromatic heterocycles. The Bertz CT molecular complexity index is 360. The van der Waals surface area contributed by atoms with Gasteiger partial charge in [-0.25, -0.2) is 0 Å². The highest BCUT2D eigenvalue weighted by Crippen LogP contribution is 2.22. The smallest absolute Gasteiger partial charge is 0.425 e. The molecule has 0 amide bonds. The molecule has 0 aliphatic carbocycles. The van der Waals surface area contributed by atoms with Gasteiger partial charge in [0.1, 0.15) is 0 Å². The van der Waals surface area contributed by atoms with Crippen LogP contribution in [0.15, 0.2) is 30.3 Å². The van der Waals surface area contributed by atoms with Gasteiger partial charge in [-0.05, 0) is 18.9 Å². The largest absolute Gasteiger partial charge is 0.453 e. The topological polar surface area (TPSA) is 26.3 Å². The third kappa shape index (κ3) is 4.89. The fraction of sp³-hybridized carbons (Fsp3) is 0.417. The number of hydrogen-bond acceptors (Lipinski definition) is 2. The molecule has 0 heterocycles. The maximum absolute atomic E-state index is 12.1. The molecular weight excluding hydrogens is 233 g/mol. The van der Waals surface area contributed by atoms with Gasteiger partial charge in [0.25, 0.3) is 0 Å². The monoisotopic (exact) mass is 246 g/mol. The van der Waals surface area contributed by atoms with E-state index in [0.29, 0.717) is 6.42 Å². The summed E-state index contributed by atoms with van der Waals surface area (Å²) in [5.41, 5.74) is 0.893. The Hall–Kier alpha value is -1.52. The maximum Gasteiger partial charge on any atom is 0.425 e. The molecule has 94 valence electrons. The quantitative estimate of drug-likeness (QED) is 0.763. The number of carbonyl (C=O) groups is 1. The molecule has 0 aliphatic heterocycles. The fourth-order valence-electron chi connectivity index (χ4n) is 1.21. The van der Waals surface area contributed by atoms with E-state index in [1.165, 1.54) is 0 Å². The molecule has 2 nitrogen and oxygen atoms in total. The molecular formula is C12H13F3O2. The Labute approximate surface area is 97.4 Å². The van der Waals surface area contributed by atoms with Crippen LogP contribution in [0.2, 0.25) is 0 Å². The van der Waals surface area contributed by atoms with Crippen LogP contribution in [-0.4, -0.2) is 18.2 Å². The van der Waals surface area contributed by atoms with E-state index in [1.807, 2.05) is 6.07 Å². The van der Waals surface area contributed by atoms with E-state index in [-0.39, 0.29) is 6.42 Å². The summed E-state index contributed by atoms with van der Waals surface area (Å²) >= 11 is 0. The van der Waals surface area contributed by atoms with Gasteiger partial charge < -0.3 is 4.74 Å². The van der Waals surface area contributed by atoms with Crippen LogP contribution in [0.4, 0.5) is 13.2 Å². The molecule has 0 saturated carbocycles. The van der Waals surface area contributed by atoms with Crippen molar-refractivity contribution in [2.75, 3.05) is 0 Å². The van der Waals surface area contributed by atoms with E-state index >= 15 is 0 Å². The van der Waals surface area contributed by atoms with E-state index in [1.54, 1.807) is 24.3 Å². The Morgan fingerprint density at radius 3 is 2.41 bits per heavy atom. The molecule has 1 atom stereocenters. The Kier molecular flexibility index (Phi) is 4.54. The van der Waals surface area contributed by atoms with E-state index < -0.39 is 18.2 Å². The van der Waals surface area contributed by atoms with Gasteiger partial charge in [-0.3, -0.25) is 4.79 Å². The lowest BCUT2D eigenvalue weighted by molar-refractivity contribution is -0.216. The van der Waals surface area contributed by atoms with Crippen molar-refractivity contribution in [1.82, 2.24) is 0 Å². The Morgan fingerprint density at radius 2 is 1.88 bits per heavy atom. The van der Waals surface area contributed by atoms with Crippen LogP contribution in [-0.2, 0) is 16.0 Å². The zero-order valence-electron chi connectivity index (χ0n) is 9.33. The summed E-state index contributed by atoms with van der Waals surface area (Å²) in [6.45, 7) is 0.820. The van der Waals surface area contributed by atoms with Crippen LogP contribution in [0.25, 0.3) is 0 Å². The lowest BCUT2D eigenvalue weighted by Crippen LogP contribution is -2.30. The number of alkyl halides is 3. The highest BCUT2D eigenvalue weighted by molar-refractivity contribution is 5.69. The van der Waals surface area contributed by atoms with Gasteiger partial charge in [-0.15, -0.1) is 0 Å². The second kappa shape index (κ2) is 5.70. The molecule has 0 bridgehead atoms. The van der Waals surface area contributed by atoms with Crippen LogP contribution in [0.5, 0.6) is 0 Å². The minimum absolute atomic E-state index is 0.0512. The zero-order chi connectivity index (χ0) is 12.9. The summed E-state index contributed by atoms with van der Waals surface area (Å²) in [4.78, 5) is 11.2. The molecule has 17 heavy (non-hydrogen) atoms. The first-order chi connectivity index (χ1) is 7.89. The maximum atomic E-state index is 12.1. The summed E-state index contributed by atoms with van der Waals surface area (Å²) in [7, 11) is 0. The number of rotatable bonds is 4. The summed E-state index contributed by atoms with van der Waals surface area (Å²) in [6, 6.07) is 9.05. The van der Waals surface area contributed by atoms with Gasteiger partial charge >= 0.3 is 12.1 Å². The highest BCUT2D eigenvalue weighted by Gasteiger charge is 2.38. The second-order valence-electron chi connectivity index (χ2n) is 3.66. The third-order valence-corrected chi connectivity index (χ3v) is 2.23. The summed E-state index contributed by atoms with van der Waals surface area (Å²) in [5, 5.41) is 0. The van der Waals surface area contributed by atoms with E-state index in [0.717, 1.165) is 12.5 Å². The SMILES string of the molecule is CC(OC(=O)CCc1ccccc1)C(F)(F)F. The second-order valence-corrected chi connectivity index (χ2v) is 3.66. The normalized spacial score (nSPS) is 13.2. The predicted octanol–water partition coefficient (Wildman–Crippen LogP) is 3.11. The third-order valence-electron chi connectivity index (χ3n) is 2.23. The Morgan fingerprint density at radius 1 is 1.29 bits per heavy atom. The van der Waals surface area contributed by atoms with Gasteiger partial charge in [0, 0.05) is 6.42 Å². The van der Waals surface area contributed by atoms with Crippen molar-refractivity contribution in [3.8, 4) is 0 Å². The van der Waals surface area contributed by atoms with Crippen LogP contribution in [0, 0.1) is 0 Å². The lowest BCUT2D eigenvalue weighted by atomic mass is 10.1. The minimum Gasteiger partial charge on any atom is -0.453 e. The van der Waals surface area contributed by atoms with Crippen molar-refractivity contribution in [2.45, 2.75) is 32.0 Å². The van der Waals surface area contributed by atoms with Crippen LogP contribution in [0.1, 0.15) is 18.9 Å². The first kappa shape index (κ1) is 13.5. The van der Waals surface area contributed by atoms with Crippen molar-refractivity contribution >= 4 is 5.97 Å². The molecule has 0 spiro atoms. The number of ether oxygens (including phenoxy) is 1. The van der Waals surface area contributed by atoms with Crippen molar-refractivity contribution in [3.63, 3.8) is 0 Å². The average Bonchev–Trinajstić information content (AvgIpc) is 2.26. The number of aryl methyl sites for hydroxylation is 1. The Balaban J connectivity index is 2.36. The van der Waals surface area contributed by atoms with Gasteiger partial charge in [-0.1, -0.05) is 30.3 Å². The molecule has 1 aromatic rings. The van der Waals surface area contributed by atoms with Crippen molar-refractivity contribution in [3.05, 3.63) is 35.9 Å². The van der Waals surface area contributed by atoms with Gasteiger partial charge in [-0.2, -0.15) is 13.2 Å². The van der Waals surface area contributed by atoms with Crippen LogP contribution < -0.4 is 0 Å². The van der Waals surface area contributed by atoms with E-state index in [9.17, 15) is 18.0 Å². The summed E-state index contributed by atoms with van der Waals surface area (Å²) < 4.78 is 40.6. The highest BCUT2D eigenvalue weighted by atomic mass is 19.4. The van der Waals surface area contributed by atoms with Gasteiger partial charge in [0.05, 0.1) is 0 Å². The molecule has 1 unspecified atom stereocenters. The van der Waals surface area contributed by atoms with Gasteiger partial charge in [0.15, 0.2) is 6.10 Å². The predicted molar refractivity (Wildman–Crippen MR) is 56.4 cm³/mol. The van der Waals surface area contributed by atoms with Gasteiger partial charge in [0.2, 0.25) is 0 Å². The number of hydrogen-bond donors (Lipinski definition) is 0. The summed E-state index contributed by atoms with van der Waals surface area (Å²) in [5.74, 6) is -0.835. The lowest BCUT2D eigenvalue weighted by Gasteiger charge is -2.16. The van der Waals surface area contributed by atoms with Crippen molar-refractivity contribution in [2.24, 2.45) is 0 Å². The first-order valence-corrected chi connectivity index (χ1v) is 5.19. The summed E-state index contributed by atoms with van der Waals surface area (Å²) in [6.07, 6.45) is -6.22. The number of esters is 1. The van der Waals surface area contributed by atoms with Crippen LogP contribution in [0.3, 0.4) is 0 Å². The molecule has 1 aromatic carbocycles. The fourth-order valence-corrected chi connectivity index (χ4v) is 1.21. The van der Waals surface area contributed by atoms with E-state index in [2.05, 4.69) is 4.74 Å². The molecule has 5 heteroatoms. The number of benzene rings is 1. The average molecular weight is 246 g/mol. The zero-order valence-corrected chi connectivity index (χ0v) is 9.33. The molecule has 0 aliphatic rings. The van der Waals surface area contributed by atoms with Crippen LogP contribution >= 0.6 is 0 Å². The first-order valence-electron chi connectivity index (χ1n) is 5.19. The molecule has 0 radical (unpaired) electrons. The standard InChI is InChI=1S/C12H13F3O2/c1-9(12(13,14)15)17-11(16)8-7-10-5-3-2-4-6-10/h2-6,9H,7-8H2,1H3. The molecule has 0 N–H and O–H groups in total. The van der Waals surface area contributed by atoms with E-state index in [4.69, 9.17) is 0 Å².